The second-order valence-corrected chi connectivity index (χ2v) is 7.64. The van der Waals surface area contributed by atoms with E-state index in [0.29, 0.717) is 26.2 Å². The van der Waals surface area contributed by atoms with E-state index < -0.39 is 28.3 Å². The zero-order chi connectivity index (χ0) is 18.2. The van der Waals surface area contributed by atoms with Crippen LogP contribution in [0.4, 0.5) is 18.9 Å². The average molecular weight is 367 g/mol. The SMILES string of the molecule is CC(O)(CN1CCN(c2ccc(S(N)(=O)=O)cc2)CC1)C(F)(F)F. The van der Waals surface area contributed by atoms with Crippen molar-refractivity contribution in [3.8, 4) is 0 Å². The lowest BCUT2D eigenvalue weighted by Crippen LogP contribution is -2.56. The Kier molecular flexibility index (Phi) is 5.14. The van der Waals surface area contributed by atoms with Crippen molar-refractivity contribution in [1.29, 1.82) is 0 Å². The molecule has 0 saturated carbocycles. The van der Waals surface area contributed by atoms with Crippen molar-refractivity contribution in [2.75, 3.05) is 37.6 Å². The standard InChI is InChI=1S/C14H20F3N3O3S/c1-13(21,14(15,16)17)10-19-6-8-20(9-7-19)11-2-4-12(5-3-11)24(18,22)23/h2-5,21H,6-10H2,1H3,(H2,18,22,23). The summed E-state index contributed by atoms with van der Waals surface area (Å²) in [7, 11) is -3.75. The predicted molar refractivity (Wildman–Crippen MR) is 83.1 cm³/mol. The third-order valence-corrected chi connectivity index (χ3v) is 4.97. The van der Waals surface area contributed by atoms with E-state index >= 15 is 0 Å². The molecule has 0 radical (unpaired) electrons. The van der Waals surface area contributed by atoms with E-state index in [2.05, 4.69) is 0 Å². The second kappa shape index (κ2) is 6.51. The molecule has 1 atom stereocenters. The minimum atomic E-state index is -4.67. The number of primary sulfonamides is 1. The van der Waals surface area contributed by atoms with E-state index in [9.17, 15) is 26.7 Å². The van der Waals surface area contributed by atoms with Gasteiger partial charge in [-0.05, 0) is 31.2 Å². The van der Waals surface area contributed by atoms with Gasteiger partial charge in [0.1, 0.15) is 0 Å². The highest BCUT2D eigenvalue weighted by atomic mass is 32.2. The molecule has 1 aliphatic heterocycles. The van der Waals surface area contributed by atoms with E-state index in [1.54, 1.807) is 17.0 Å². The summed E-state index contributed by atoms with van der Waals surface area (Å²) in [5, 5.41) is 14.6. The summed E-state index contributed by atoms with van der Waals surface area (Å²) in [6, 6.07) is 6.01. The lowest BCUT2D eigenvalue weighted by atomic mass is 10.1. The first-order valence-electron chi connectivity index (χ1n) is 7.29. The number of sulfonamides is 1. The zero-order valence-electron chi connectivity index (χ0n) is 13.1. The number of hydrogen-bond donors (Lipinski definition) is 2. The first-order valence-corrected chi connectivity index (χ1v) is 8.84. The first-order chi connectivity index (χ1) is 10.9. The van der Waals surface area contributed by atoms with Gasteiger partial charge in [0.2, 0.25) is 10.0 Å². The summed E-state index contributed by atoms with van der Waals surface area (Å²) < 4.78 is 60.6. The molecule has 0 amide bonds. The molecule has 0 aliphatic carbocycles. The molecule has 1 aromatic rings. The number of nitrogens with two attached hydrogens (primary N) is 1. The molecular formula is C14H20F3N3O3S. The second-order valence-electron chi connectivity index (χ2n) is 6.07. The van der Waals surface area contributed by atoms with Crippen LogP contribution in [0, 0.1) is 0 Å². The molecule has 1 aliphatic rings. The first kappa shape index (κ1) is 19.0. The molecule has 3 N–H and O–H groups in total. The highest BCUT2D eigenvalue weighted by Crippen LogP contribution is 2.31. The van der Waals surface area contributed by atoms with Crippen molar-refractivity contribution in [2.24, 2.45) is 5.14 Å². The molecular weight excluding hydrogens is 347 g/mol. The Hall–Kier alpha value is -1.36. The predicted octanol–water partition coefficient (Wildman–Crippen LogP) is 0.769. The van der Waals surface area contributed by atoms with Gasteiger partial charge >= 0.3 is 6.18 Å². The van der Waals surface area contributed by atoms with Crippen LogP contribution in [-0.4, -0.2) is 62.9 Å². The van der Waals surface area contributed by atoms with Crippen LogP contribution in [0.5, 0.6) is 0 Å². The molecule has 1 saturated heterocycles. The van der Waals surface area contributed by atoms with Crippen LogP contribution < -0.4 is 10.0 Å². The summed E-state index contributed by atoms with van der Waals surface area (Å²) in [4.78, 5) is 3.50. The Bertz CT molecular complexity index is 667. The molecule has 1 fully saturated rings. The maximum Gasteiger partial charge on any atom is 0.418 e. The van der Waals surface area contributed by atoms with Gasteiger partial charge in [-0.2, -0.15) is 13.2 Å². The molecule has 1 unspecified atom stereocenters. The number of rotatable bonds is 4. The Morgan fingerprint density at radius 1 is 1.12 bits per heavy atom. The minimum Gasteiger partial charge on any atom is -0.380 e. The van der Waals surface area contributed by atoms with Crippen LogP contribution >= 0.6 is 0 Å². The zero-order valence-corrected chi connectivity index (χ0v) is 13.9. The van der Waals surface area contributed by atoms with Crippen LogP contribution in [0.1, 0.15) is 6.92 Å². The van der Waals surface area contributed by atoms with Crippen molar-refractivity contribution < 1.29 is 26.7 Å². The smallest absolute Gasteiger partial charge is 0.380 e. The quantitative estimate of drug-likeness (QED) is 0.821. The minimum absolute atomic E-state index is 0.00566. The van der Waals surface area contributed by atoms with Crippen molar-refractivity contribution in [2.45, 2.75) is 23.6 Å². The number of β-amino-alcohol motifs (C(OH)–C–C–N with tert-alkyl or cyclic N) is 1. The van der Waals surface area contributed by atoms with Gasteiger partial charge in [0.05, 0.1) is 4.90 Å². The number of alkyl halides is 3. The molecule has 24 heavy (non-hydrogen) atoms. The highest BCUT2D eigenvalue weighted by Gasteiger charge is 2.50. The highest BCUT2D eigenvalue weighted by molar-refractivity contribution is 7.89. The van der Waals surface area contributed by atoms with Gasteiger partial charge in [0.25, 0.3) is 0 Å². The van der Waals surface area contributed by atoms with Gasteiger partial charge in [-0.1, -0.05) is 0 Å². The Balaban J connectivity index is 1.96. The van der Waals surface area contributed by atoms with Gasteiger partial charge in [0.15, 0.2) is 5.60 Å². The number of nitrogens with zero attached hydrogens (tertiary/aromatic N) is 2. The van der Waals surface area contributed by atoms with Crippen LogP contribution in [-0.2, 0) is 10.0 Å². The average Bonchev–Trinajstić information content (AvgIpc) is 2.46. The molecule has 1 heterocycles. The molecule has 136 valence electrons. The molecule has 2 rings (SSSR count). The number of benzene rings is 1. The fourth-order valence-electron chi connectivity index (χ4n) is 2.54. The third-order valence-electron chi connectivity index (χ3n) is 4.04. The Morgan fingerprint density at radius 2 is 1.62 bits per heavy atom. The number of hydrogen-bond acceptors (Lipinski definition) is 5. The normalized spacial score (nSPS) is 20.0. The van der Waals surface area contributed by atoms with Gasteiger partial charge in [-0.3, -0.25) is 4.90 Å². The number of halogens is 3. The number of aliphatic hydroxyl groups is 1. The summed E-state index contributed by atoms with van der Waals surface area (Å²) >= 11 is 0. The maximum atomic E-state index is 12.7. The van der Waals surface area contributed by atoms with E-state index in [0.717, 1.165) is 12.6 Å². The van der Waals surface area contributed by atoms with Gasteiger partial charge < -0.3 is 10.0 Å². The van der Waals surface area contributed by atoms with Gasteiger partial charge in [-0.25, -0.2) is 13.6 Å². The van der Waals surface area contributed by atoms with Crippen LogP contribution in [0.3, 0.4) is 0 Å². The van der Waals surface area contributed by atoms with E-state index in [4.69, 9.17) is 5.14 Å². The lowest BCUT2D eigenvalue weighted by molar-refractivity contribution is -0.257. The monoisotopic (exact) mass is 367 g/mol. The summed E-state index contributed by atoms with van der Waals surface area (Å²) in [6.45, 7) is 1.97. The topological polar surface area (TPSA) is 86.9 Å². The maximum absolute atomic E-state index is 12.7. The Morgan fingerprint density at radius 3 is 2.04 bits per heavy atom. The molecule has 1 aromatic carbocycles. The van der Waals surface area contributed by atoms with Crippen molar-refractivity contribution in [1.82, 2.24) is 4.90 Å². The molecule has 0 bridgehead atoms. The summed E-state index contributed by atoms with van der Waals surface area (Å²) in [6.07, 6.45) is -4.67. The molecule has 10 heteroatoms. The van der Waals surface area contributed by atoms with Crippen molar-refractivity contribution in [3.63, 3.8) is 0 Å². The van der Waals surface area contributed by atoms with Crippen molar-refractivity contribution >= 4 is 15.7 Å². The van der Waals surface area contributed by atoms with Gasteiger partial charge in [0, 0.05) is 38.4 Å². The van der Waals surface area contributed by atoms with Crippen LogP contribution in [0.15, 0.2) is 29.2 Å². The van der Waals surface area contributed by atoms with Crippen LogP contribution in [0.2, 0.25) is 0 Å². The van der Waals surface area contributed by atoms with E-state index in [1.165, 1.54) is 12.1 Å². The summed E-state index contributed by atoms with van der Waals surface area (Å²) in [5.41, 5.74) is -1.98. The third kappa shape index (κ3) is 4.38. The molecule has 0 spiro atoms. The van der Waals surface area contributed by atoms with Crippen LogP contribution in [0.25, 0.3) is 0 Å². The molecule has 6 nitrogen and oxygen atoms in total. The van der Waals surface area contributed by atoms with E-state index in [-0.39, 0.29) is 4.90 Å². The Labute approximate surface area is 138 Å². The summed E-state index contributed by atoms with van der Waals surface area (Å²) in [5.74, 6) is 0. The number of piperazine rings is 1. The number of anilines is 1. The van der Waals surface area contributed by atoms with E-state index in [1.807, 2.05) is 4.90 Å². The lowest BCUT2D eigenvalue weighted by Gasteiger charge is -2.39. The fourth-order valence-corrected chi connectivity index (χ4v) is 3.05. The molecule has 0 aromatic heterocycles. The fraction of sp³-hybridized carbons (Fsp3) is 0.571. The van der Waals surface area contributed by atoms with Crippen molar-refractivity contribution in [3.05, 3.63) is 24.3 Å². The van der Waals surface area contributed by atoms with Gasteiger partial charge in [-0.15, -0.1) is 0 Å². The largest absolute Gasteiger partial charge is 0.418 e.